The molecule has 7 heteroatoms. The molecule has 0 aliphatic heterocycles. The second-order valence-electron chi connectivity index (χ2n) is 4.40. The predicted molar refractivity (Wildman–Crippen MR) is 79.4 cm³/mol. The fourth-order valence-corrected chi connectivity index (χ4v) is 2.53. The van der Waals surface area contributed by atoms with Crippen LogP contribution >= 0.6 is 11.3 Å². The average molecular weight is 299 g/mol. The van der Waals surface area contributed by atoms with Crippen LogP contribution in [0.2, 0.25) is 0 Å². The fourth-order valence-electron chi connectivity index (χ4n) is 1.84. The van der Waals surface area contributed by atoms with Crippen molar-refractivity contribution in [3.63, 3.8) is 0 Å². The van der Waals surface area contributed by atoms with Gasteiger partial charge in [-0.25, -0.2) is 14.6 Å². The van der Waals surface area contributed by atoms with Gasteiger partial charge in [-0.05, 0) is 30.7 Å². The number of aryl methyl sites for hydroxylation is 1. The molecular formula is C14H13N5OS. The highest BCUT2D eigenvalue weighted by molar-refractivity contribution is 7.13. The summed E-state index contributed by atoms with van der Waals surface area (Å²) in [5.41, 5.74) is 0.963. The summed E-state index contributed by atoms with van der Waals surface area (Å²) in [5.74, 6) is 0.610. The number of rotatable bonds is 4. The molecule has 0 atom stereocenters. The number of thiazole rings is 1. The van der Waals surface area contributed by atoms with E-state index in [9.17, 15) is 4.79 Å². The standard InChI is InChI=1S/C14H13N5OS/c1-10-16-9-12(21-10)14(20)17-8-11-3-5-15-13(7-11)19-6-2-4-18-19/h2-7,9H,8H2,1H3,(H,17,20). The van der Waals surface area contributed by atoms with Crippen molar-refractivity contribution in [2.45, 2.75) is 13.5 Å². The third-order valence-electron chi connectivity index (χ3n) is 2.85. The Morgan fingerprint density at radius 2 is 2.29 bits per heavy atom. The molecule has 0 unspecified atom stereocenters. The average Bonchev–Trinajstić information content (AvgIpc) is 3.16. The molecule has 0 saturated carbocycles. The first-order valence-electron chi connectivity index (χ1n) is 6.38. The minimum absolute atomic E-state index is 0.113. The molecule has 1 amide bonds. The predicted octanol–water partition coefficient (Wildman–Crippen LogP) is 1.96. The number of nitrogens with zero attached hydrogens (tertiary/aromatic N) is 4. The number of carbonyl (C=O) groups is 1. The van der Waals surface area contributed by atoms with Crippen molar-refractivity contribution in [1.29, 1.82) is 0 Å². The fraction of sp³-hybridized carbons (Fsp3) is 0.143. The highest BCUT2D eigenvalue weighted by atomic mass is 32.1. The van der Waals surface area contributed by atoms with E-state index in [1.54, 1.807) is 23.3 Å². The van der Waals surface area contributed by atoms with E-state index in [0.717, 1.165) is 16.4 Å². The third kappa shape index (κ3) is 3.14. The lowest BCUT2D eigenvalue weighted by atomic mass is 10.2. The second-order valence-corrected chi connectivity index (χ2v) is 5.63. The summed E-state index contributed by atoms with van der Waals surface area (Å²) < 4.78 is 1.68. The Morgan fingerprint density at radius 3 is 3.00 bits per heavy atom. The first-order valence-corrected chi connectivity index (χ1v) is 7.19. The van der Waals surface area contributed by atoms with Crippen LogP contribution in [0.4, 0.5) is 0 Å². The van der Waals surface area contributed by atoms with Crippen molar-refractivity contribution >= 4 is 17.2 Å². The third-order valence-corrected chi connectivity index (χ3v) is 3.76. The van der Waals surface area contributed by atoms with Gasteiger partial charge >= 0.3 is 0 Å². The van der Waals surface area contributed by atoms with Gasteiger partial charge in [-0.2, -0.15) is 5.10 Å². The molecule has 0 radical (unpaired) electrons. The molecule has 0 spiro atoms. The largest absolute Gasteiger partial charge is 0.347 e. The molecule has 3 rings (SSSR count). The van der Waals surface area contributed by atoms with Gasteiger partial charge in [-0.3, -0.25) is 4.79 Å². The zero-order valence-corrected chi connectivity index (χ0v) is 12.2. The van der Waals surface area contributed by atoms with Gasteiger partial charge in [0, 0.05) is 25.1 Å². The Bertz CT molecular complexity index is 750. The van der Waals surface area contributed by atoms with Crippen LogP contribution in [0.3, 0.4) is 0 Å². The van der Waals surface area contributed by atoms with Crippen molar-refractivity contribution in [2.75, 3.05) is 0 Å². The zero-order valence-electron chi connectivity index (χ0n) is 11.4. The number of nitrogens with one attached hydrogen (secondary N) is 1. The quantitative estimate of drug-likeness (QED) is 0.799. The normalized spacial score (nSPS) is 10.5. The van der Waals surface area contributed by atoms with Crippen molar-refractivity contribution in [1.82, 2.24) is 25.1 Å². The van der Waals surface area contributed by atoms with Crippen molar-refractivity contribution in [3.05, 3.63) is 58.4 Å². The van der Waals surface area contributed by atoms with E-state index in [2.05, 4.69) is 20.4 Å². The van der Waals surface area contributed by atoms with Crippen LogP contribution in [-0.2, 0) is 6.54 Å². The first-order chi connectivity index (χ1) is 10.2. The molecule has 0 aliphatic carbocycles. The van der Waals surface area contributed by atoms with E-state index >= 15 is 0 Å². The Balaban J connectivity index is 1.68. The minimum Gasteiger partial charge on any atom is -0.347 e. The summed E-state index contributed by atoms with van der Waals surface area (Å²) >= 11 is 1.38. The summed E-state index contributed by atoms with van der Waals surface area (Å²) in [5, 5.41) is 7.89. The molecule has 6 nitrogen and oxygen atoms in total. The summed E-state index contributed by atoms with van der Waals surface area (Å²) in [6, 6.07) is 5.60. The van der Waals surface area contributed by atoms with Crippen LogP contribution in [0.15, 0.2) is 43.0 Å². The number of amides is 1. The Hall–Kier alpha value is -2.54. The van der Waals surface area contributed by atoms with E-state index in [1.807, 2.05) is 31.3 Å². The Labute approximate surface area is 125 Å². The van der Waals surface area contributed by atoms with Gasteiger partial charge in [0.25, 0.3) is 5.91 Å². The number of pyridine rings is 1. The molecule has 21 heavy (non-hydrogen) atoms. The van der Waals surface area contributed by atoms with Gasteiger partial charge < -0.3 is 5.32 Å². The molecule has 0 fully saturated rings. The molecule has 106 valence electrons. The molecule has 0 saturated heterocycles. The summed E-state index contributed by atoms with van der Waals surface area (Å²) in [4.78, 5) is 20.9. The van der Waals surface area contributed by atoms with Gasteiger partial charge in [0.15, 0.2) is 5.82 Å². The number of aromatic nitrogens is 4. The Morgan fingerprint density at radius 1 is 1.38 bits per heavy atom. The lowest BCUT2D eigenvalue weighted by Gasteiger charge is -2.06. The highest BCUT2D eigenvalue weighted by Crippen LogP contribution is 2.12. The molecule has 3 aromatic heterocycles. The molecule has 0 aliphatic rings. The molecular weight excluding hydrogens is 286 g/mol. The van der Waals surface area contributed by atoms with Gasteiger partial charge in [-0.15, -0.1) is 11.3 Å². The second kappa shape index (κ2) is 5.84. The SMILES string of the molecule is Cc1ncc(C(=O)NCc2ccnc(-n3cccn3)c2)s1. The van der Waals surface area contributed by atoms with Crippen LogP contribution in [0.25, 0.3) is 5.82 Å². The first kappa shape index (κ1) is 13.4. The maximum Gasteiger partial charge on any atom is 0.263 e. The summed E-state index contributed by atoms with van der Waals surface area (Å²) in [6.07, 6.45) is 6.82. The van der Waals surface area contributed by atoms with Crippen LogP contribution < -0.4 is 5.32 Å². The Kier molecular flexibility index (Phi) is 3.74. The van der Waals surface area contributed by atoms with E-state index in [4.69, 9.17) is 0 Å². The van der Waals surface area contributed by atoms with Crippen molar-refractivity contribution in [3.8, 4) is 5.82 Å². The lowest BCUT2D eigenvalue weighted by Crippen LogP contribution is -2.22. The van der Waals surface area contributed by atoms with Gasteiger partial charge in [0.05, 0.1) is 11.2 Å². The zero-order chi connectivity index (χ0) is 14.7. The number of hydrogen-bond acceptors (Lipinski definition) is 5. The molecule has 3 aromatic rings. The summed E-state index contributed by atoms with van der Waals surface area (Å²) in [7, 11) is 0. The van der Waals surface area contributed by atoms with Crippen LogP contribution in [0.1, 0.15) is 20.2 Å². The highest BCUT2D eigenvalue weighted by Gasteiger charge is 2.09. The number of hydrogen-bond donors (Lipinski definition) is 1. The smallest absolute Gasteiger partial charge is 0.263 e. The van der Waals surface area contributed by atoms with Crippen molar-refractivity contribution < 1.29 is 4.79 Å². The van der Waals surface area contributed by atoms with Crippen LogP contribution in [0, 0.1) is 6.92 Å². The van der Waals surface area contributed by atoms with Crippen molar-refractivity contribution in [2.24, 2.45) is 0 Å². The lowest BCUT2D eigenvalue weighted by molar-refractivity contribution is 0.0954. The van der Waals surface area contributed by atoms with E-state index < -0.39 is 0 Å². The van der Waals surface area contributed by atoms with E-state index in [0.29, 0.717) is 11.4 Å². The molecule has 3 heterocycles. The van der Waals surface area contributed by atoms with Gasteiger partial charge in [-0.1, -0.05) is 0 Å². The van der Waals surface area contributed by atoms with Crippen LogP contribution in [0.5, 0.6) is 0 Å². The maximum absolute atomic E-state index is 12.0. The van der Waals surface area contributed by atoms with E-state index in [-0.39, 0.29) is 5.91 Å². The van der Waals surface area contributed by atoms with Gasteiger partial charge in [0.2, 0.25) is 0 Å². The molecule has 1 N–H and O–H groups in total. The van der Waals surface area contributed by atoms with Crippen LogP contribution in [-0.4, -0.2) is 25.7 Å². The molecule has 0 bridgehead atoms. The van der Waals surface area contributed by atoms with E-state index in [1.165, 1.54) is 11.3 Å². The topological polar surface area (TPSA) is 72.7 Å². The monoisotopic (exact) mass is 299 g/mol. The number of carbonyl (C=O) groups excluding carboxylic acids is 1. The maximum atomic E-state index is 12.0. The van der Waals surface area contributed by atoms with Gasteiger partial charge in [0.1, 0.15) is 4.88 Å². The minimum atomic E-state index is -0.113. The molecule has 0 aromatic carbocycles. The summed E-state index contributed by atoms with van der Waals surface area (Å²) in [6.45, 7) is 2.31.